The third-order valence-corrected chi connectivity index (χ3v) is 3.70. The minimum absolute atomic E-state index is 0.0226. The van der Waals surface area contributed by atoms with E-state index >= 15 is 0 Å². The Hall–Kier alpha value is -1.82. The van der Waals surface area contributed by atoms with Crippen molar-refractivity contribution < 1.29 is 14.0 Å². The van der Waals surface area contributed by atoms with E-state index in [2.05, 4.69) is 16.0 Å². The quantitative estimate of drug-likeness (QED) is 0.693. The first kappa shape index (κ1) is 12.2. The van der Waals surface area contributed by atoms with Crippen LogP contribution in [0.1, 0.15) is 30.2 Å². The molecule has 1 fully saturated rings. The van der Waals surface area contributed by atoms with Crippen LogP contribution in [-0.2, 0) is 16.0 Å². The molecule has 1 aromatic rings. The first-order valence-corrected chi connectivity index (χ1v) is 6.61. The van der Waals surface area contributed by atoms with Crippen LogP contribution in [0.15, 0.2) is 16.7 Å². The Morgan fingerprint density at radius 2 is 2.37 bits per heavy atom. The van der Waals surface area contributed by atoms with Gasteiger partial charge in [0.2, 0.25) is 11.8 Å². The number of aryl methyl sites for hydroxylation is 1. The topological polar surface area (TPSA) is 83.4 Å². The minimum Gasteiger partial charge on any atom is -0.469 e. The summed E-state index contributed by atoms with van der Waals surface area (Å²) in [5.41, 5.74) is 1.08. The van der Waals surface area contributed by atoms with Crippen LogP contribution in [0.2, 0.25) is 0 Å². The van der Waals surface area contributed by atoms with Crippen molar-refractivity contribution in [1.82, 2.24) is 16.0 Å². The Labute approximate surface area is 110 Å². The van der Waals surface area contributed by atoms with E-state index < -0.39 is 0 Å². The van der Waals surface area contributed by atoms with E-state index in [4.69, 9.17) is 4.42 Å². The lowest BCUT2D eigenvalue weighted by atomic mass is 9.93. The highest BCUT2D eigenvalue weighted by molar-refractivity contribution is 5.87. The van der Waals surface area contributed by atoms with Gasteiger partial charge in [0.15, 0.2) is 0 Å². The predicted octanol–water partition coefficient (Wildman–Crippen LogP) is -0.139. The fraction of sp³-hybridized carbons (Fsp3) is 0.538. The Morgan fingerprint density at radius 3 is 3.16 bits per heavy atom. The number of carbonyl (C=O) groups is 2. The number of piperazine rings is 1. The zero-order valence-corrected chi connectivity index (χ0v) is 10.6. The fourth-order valence-corrected chi connectivity index (χ4v) is 2.66. The monoisotopic (exact) mass is 263 g/mol. The van der Waals surface area contributed by atoms with Crippen LogP contribution in [0.25, 0.3) is 0 Å². The number of fused-ring (bicyclic) bond motifs is 1. The molecule has 0 radical (unpaired) electrons. The summed E-state index contributed by atoms with van der Waals surface area (Å²) in [7, 11) is 0. The van der Waals surface area contributed by atoms with Gasteiger partial charge in [-0.15, -0.1) is 0 Å². The molecule has 0 aromatic carbocycles. The smallest absolute Gasteiger partial charge is 0.239 e. The standard InChI is InChI=1S/C13H17N3O3/c17-12-7-14-10(6-15-12)13(18)16-9-2-1-3-11-8(9)4-5-19-11/h4-5,9-10,14H,1-3,6-7H2,(H,15,17)(H,16,18). The molecule has 2 amide bonds. The van der Waals surface area contributed by atoms with Crippen molar-refractivity contribution in [2.75, 3.05) is 13.1 Å². The second-order valence-electron chi connectivity index (χ2n) is 4.99. The molecule has 6 heteroatoms. The average molecular weight is 263 g/mol. The zero-order chi connectivity index (χ0) is 13.2. The predicted molar refractivity (Wildman–Crippen MR) is 67.3 cm³/mol. The van der Waals surface area contributed by atoms with E-state index in [1.165, 1.54) is 0 Å². The van der Waals surface area contributed by atoms with Crippen LogP contribution < -0.4 is 16.0 Å². The Kier molecular flexibility index (Phi) is 3.25. The summed E-state index contributed by atoms with van der Waals surface area (Å²) < 4.78 is 5.40. The van der Waals surface area contributed by atoms with Gasteiger partial charge in [-0.05, 0) is 18.9 Å². The van der Waals surface area contributed by atoms with Crippen molar-refractivity contribution in [1.29, 1.82) is 0 Å². The maximum absolute atomic E-state index is 12.1. The molecule has 0 bridgehead atoms. The maximum atomic E-state index is 12.1. The second-order valence-corrected chi connectivity index (χ2v) is 4.99. The average Bonchev–Trinajstić information content (AvgIpc) is 2.89. The molecule has 3 rings (SSSR count). The molecule has 2 unspecified atom stereocenters. The van der Waals surface area contributed by atoms with Gasteiger partial charge >= 0.3 is 0 Å². The van der Waals surface area contributed by atoms with Crippen LogP contribution in [0.3, 0.4) is 0 Å². The van der Waals surface area contributed by atoms with E-state index in [9.17, 15) is 9.59 Å². The number of rotatable bonds is 2. The lowest BCUT2D eigenvalue weighted by Gasteiger charge is -2.27. The van der Waals surface area contributed by atoms with E-state index in [1.807, 2.05) is 6.07 Å². The number of hydrogen-bond donors (Lipinski definition) is 3. The third kappa shape index (κ3) is 2.49. The van der Waals surface area contributed by atoms with E-state index in [0.29, 0.717) is 6.54 Å². The highest BCUT2D eigenvalue weighted by Gasteiger charge is 2.28. The van der Waals surface area contributed by atoms with E-state index in [1.54, 1.807) is 6.26 Å². The summed E-state index contributed by atoms with van der Waals surface area (Å²) in [6.07, 6.45) is 4.55. The third-order valence-electron chi connectivity index (χ3n) is 3.70. The molecular formula is C13H17N3O3. The largest absolute Gasteiger partial charge is 0.469 e. The maximum Gasteiger partial charge on any atom is 0.239 e. The summed E-state index contributed by atoms with van der Waals surface area (Å²) in [5, 5.41) is 8.65. The normalized spacial score (nSPS) is 26.4. The number of amides is 2. The van der Waals surface area contributed by atoms with Crippen LogP contribution in [0, 0.1) is 0 Å². The van der Waals surface area contributed by atoms with Crippen molar-refractivity contribution in [3.05, 3.63) is 23.7 Å². The second kappa shape index (κ2) is 5.05. The fourth-order valence-electron chi connectivity index (χ4n) is 2.66. The molecule has 2 aliphatic rings. The summed E-state index contributed by atoms with van der Waals surface area (Å²) in [5.74, 6) is 0.833. The number of hydrogen-bond acceptors (Lipinski definition) is 4. The van der Waals surface area contributed by atoms with Crippen molar-refractivity contribution >= 4 is 11.8 Å². The molecule has 3 N–H and O–H groups in total. The van der Waals surface area contributed by atoms with E-state index in [0.717, 1.165) is 30.6 Å². The van der Waals surface area contributed by atoms with Crippen LogP contribution >= 0.6 is 0 Å². The van der Waals surface area contributed by atoms with Crippen molar-refractivity contribution in [2.24, 2.45) is 0 Å². The molecule has 2 heterocycles. The van der Waals surface area contributed by atoms with Crippen LogP contribution in [0.4, 0.5) is 0 Å². The van der Waals surface area contributed by atoms with Gasteiger partial charge in [0.25, 0.3) is 0 Å². The van der Waals surface area contributed by atoms with Gasteiger partial charge in [-0.3, -0.25) is 14.9 Å². The minimum atomic E-state index is -0.352. The van der Waals surface area contributed by atoms with E-state index in [-0.39, 0.29) is 30.4 Å². The molecule has 102 valence electrons. The summed E-state index contributed by atoms with van der Waals surface area (Å²) >= 11 is 0. The van der Waals surface area contributed by atoms with Gasteiger partial charge < -0.3 is 15.1 Å². The molecule has 1 aliphatic carbocycles. The highest BCUT2D eigenvalue weighted by atomic mass is 16.3. The van der Waals surface area contributed by atoms with Gasteiger partial charge in [0.1, 0.15) is 11.8 Å². The molecule has 1 saturated heterocycles. The van der Waals surface area contributed by atoms with Crippen molar-refractivity contribution in [2.45, 2.75) is 31.3 Å². The van der Waals surface area contributed by atoms with Gasteiger partial charge in [0, 0.05) is 18.5 Å². The summed E-state index contributed by atoms with van der Waals surface area (Å²) in [6.45, 7) is 0.537. The zero-order valence-electron chi connectivity index (χ0n) is 10.6. The molecule has 19 heavy (non-hydrogen) atoms. The lowest BCUT2D eigenvalue weighted by molar-refractivity contribution is -0.127. The van der Waals surface area contributed by atoms with Gasteiger partial charge in [0.05, 0.1) is 18.8 Å². The van der Waals surface area contributed by atoms with Gasteiger partial charge in [-0.25, -0.2) is 0 Å². The Bertz CT molecular complexity index is 487. The van der Waals surface area contributed by atoms with Crippen molar-refractivity contribution in [3.8, 4) is 0 Å². The summed E-state index contributed by atoms with van der Waals surface area (Å²) in [4.78, 5) is 23.2. The Balaban J connectivity index is 1.63. The molecule has 6 nitrogen and oxygen atoms in total. The molecule has 1 aromatic heterocycles. The highest BCUT2D eigenvalue weighted by Crippen LogP contribution is 2.30. The first-order valence-electron chi connectivity index (χ1n) is 6.61. The van der Waals surface area contributed by atoms with Gasteiger partial charge in [-0.2, -0.15) is 0 Å². The lowest BCUT2D eigenvalue weighted by Crippen LogP contribution is -2.58. The number of furan rings is 1. The molecule has 0 saturated carbocycles. The molecular weight excluding hydrogens is 246 g/mol. The number of carbonyl (C=O) groups excluding carboxylic acids is 2. The Morgan fingerprint density at radius 1 is 1.47 bits per heavy atom. The molecule has 2 atom stereocenters. The first-order chi connectivity index (χ1) is 9.24. The van der Waals surface area contributed by atoms with Gasteiger partial charge in [-0.1, -0.05) is 0 Å². The van der Waals surface area contributed by atoms with Crippen molar-refractivity contribution in [3.63, 3.8) is 0 Å². The van der Waals surface area contributed by atoms with Crippen LogP contribution in [0.5, 0.6) is 0 Å². The summed E-state index contributed by atoms with van der Waals surface area (Å²) in [6, 6.07) is 1.60. The van der Waals surface area contributed by atoms with Crippen LogP contribution in [-0.4, -0.2) is 30.9 Å². The molecule has 0 spiro atoms. The number of nitrogens with one attached hydrogen (secondary N) is 3. The molecule has 1 aliphatic heterocycles. The SMILES string of the molecule is O=C1CNC(C(=O)NC2CCCc3occc32)CN1.